The second kappa shape index (κ2) is 9.20. The van der Waals surface area contributed by atoms with Gasteiger partial charge >= 0.3 is 5.97 Å². The van der Waals surface area contributed by atoms with Gasteiger partial charge in [-0.3, -0.25) is 4.79 Å². The molecule has 1 heterocycles. The Kier molecular flexibility index (Phi) is 6.97. The summed E-state index contributed by atoms with van der Waals surface area (Å²) in [5, 5.41) is 7.46. The van der Waals surface area contributed by atoms with Crippen molar-refractivity contribution in [3.8, 4) is 0 Å². The van der Waals surface area contributed by atoms with E-state index in [1.165, 1.54) is 18.7 Å². The fourth-order valence-electron chi connectivity index (χ4n) is 2.39. The summed E-state index contributed by atoms with van der Waals surface area (Å²) in [5.74, 6) is -0.707. The highest BCUT2D eigenvalue weighted by molar-refractivity contribution is 6.33. The molecule has 0 aliphatic heterocycles. The first-order chi connectivity index (χ1) is 12.4. The zero-order valence-corrected chi connectivity index (χ0v) is 15.8. The molecule has 1 aromatic carbocycles. The zero-order valence-electron chi connectivity index (χ0n) is 15.1. The third-order valence-electron chi connectivity index (χ3n) is 3.80. The summed E-state index contributed by atoms with van der Waals surface area (Å²) in [6.45, 7) is 4.65. The summed E-state index contributed by atoms with van der Waals surface area (Å²) in [6, 6.07) is 8.07. The summed E-state index contributed by atoms with van der Waals surface area (Å²) in [6.07, 6.45) is 3.47. The second-order valence-corrected chi connectivity index (χ2v) is 6.22. The van der Waals surface area contributed by atoms with E-state index >= 15 is 0 Å². The number of benzene rings is 1. The van der Waals surface area contributed by atoms with Crippen LogP contribution < -0.4 is 5.32 Å². The van der Waals surface area contributed by atoms with Crippen molar-refractivity contribution < 1.29 is 14.3 Å². The number of aromatic nitrogens is 2. The van der Waals surface area contributed by atoms with E-state index in [-0.39, 0.29) is 5.91 Å². The first kappa shape index (κ1) is 19.7. The van der Waals surface area contributed by atoms with Crippen LogP contribution in [0.4, 0.5) is 0 Å². The monoisotopic (exact) mass is 375 g/mol. The first-order valence-electron chi connectivity index (χ1n) is 8.23. The maximum atomic E-state index is 12.4. The number of aryl methyl sites for hydroxylation is 2. The molecule has 1 N–H and O–H groups in total. The summed E-state index contributed by atoms with van der Waals surface area (Å²) >= 11 is 6.37. The van der Waals surface area contributed by atoms with Crippen LogP contribution in [-0.2, 0) is 16.1 Å². The fraction of sp³-hybridized carbons (Fsp3) is 0.316. The minimum Gasteiger partial charge on any atom is -0.466 e. The predicted molar refractivity (Wildman–Crippen MR) is 100 cm³/mol. The van der Waals surface area contributed by atoms with Crippen LogP contribution in [-0.4, -0.2) is 35.3 Å². The molecule has 6 nitrogen and oxygen atoms in total. The Morgan fingerprint density at radius 2 is 1.96 bits per heavy atom. The molecule has 26 heavy (non-hydrogen) atoms. The molecule has 7 heteroatoms. The van der Waals surface area contributed by atoms with Gasteiger partial charge < -0.3 is 10.1 Å². The predicted octanol–water partition coefficient (Wildman–Crippen LogP) is 3.05. The highest BCUT2D eigenvalue weighted by atomic mass is 35.5. The molecular weight excluding hydrogens is 354 g/mol. The second-order valence-electron chi connectivity index (χ2n) is 5.86. The highest BCUT2D eigenvalue weighted by Crippen LogP contribution is 2.21. The fourth-order valence-corrected chi connectivity index (χ4v) is 2.71. The van der Waals surface area contributed by atoms with Crippen molar-refractivity contribution in [1.29, 1.82) is 0 Å². The Labute approximate surface area is 157 Å². The SMILES string of the molecule is COC(=O)/C=C/CCNC(=O)c1c(C)nn(Cc2ccc(C)cc2)c1Cl. The largest absolute Gasteiger partial charge is 0.466 e. The van der Waals surface area contributed by atoms with Gasteiger partial charge in [-0.05, 0) is 25.8 Å². The molecule has 2 rings (SSSR count). The number of hydrogen-bond donors (Lipinski definition) is 1. The highest BCUT2D eigenvalue weighted by Gasteiger charge is 2.20. The summed E-state index contributed by atoms with van der Waals surface area (Å²) in [5.41, 5.74) is 3.18. The van der Waals surface area contributed by atoms with Crippen LogP contribution >= 0.6 is 11.6 Å². The number of methoxy groups -OCH3 is 1. The van der Waals surface area contributed by atoms with Crippen molar-refractivity contribution in [2.45, 2.75) is 26.8 Å². The minimum absolute atomic E-state index is 0.283. The van der Waals surface area contributed by atoms with Crippen LogP contribution in [0.2, 0.25) is 5.15 Å². The Morgan fingerprint density at radius 3 is 2.62 bits per heavy atom. The number of nitrogens with one attached hydrogen (secondary N) is 1. The van der Waals surface area contributed by atoms with Crippen molar-refractivity contribution in [2.24, 2.45) is 0 Å². The number of esters is 1. The number of nitrogens with zero attached hydrogens (tertiary/aromatic N) is 2. The van der Waals surface area contributed by atoms with Crippen LogP contribution in [0, 0.1) is 13.8 Å². The van der Waals surface area contributed by atoms with Gasteiger partial charge in [0.15, 0.2) is 0 Å². The molecule has 2 aromatic rings. The molecule has 0 fully saturated rings. The third-order valence-corrected chi connectivity index (χ3v) is 4.18. The average molecular weight is 376 g/mol. The number of rotatable bonds is 7. The minimum atomic E-state index is -0.424. The molecule has 0 unspecified atom stereocenters. The normalized spacial score (nSPS) is 10.9. The summed E-state index contributed by atoms with van der Waals surface area (Å²) in [4.78, 5) is 23.4. The maximum Gasteiger partial charge on any atom is 0.330 e. The van der Waals surface area contributed by atoms with Crippen LogP contribution in [0.5, 0.6) is 0 Å². The van der Waals surface area contributed by atoms with Crippen LogP contribution in [0.25, 0.3) is 0 Å². The van der Waals surface area contributed by atoms with E-state index in [9.17, 15) is 9.59 Å². The lowest BCUT2D eigenvalue weighted by atomic mass is 10.1. The molecule has 0 saturated heterocycles. The molecule has 138 valence electrons. The lowest BCUT2D eigenvalue weighted by Gasteiger charge is -2.05. The molecule has 0 aliphatic carbocycles. The van der Waals surface area contributed by atoms with Crippen molar-refractivity contribution in [2.75, 3.05) is 13.7 Å². The first-order valence-corrected chi connectivity index (χ1v) is 8.61. The van der Waals surface area contributed by atoms with Gasteiger partial charge in [0.1, 0.15) is 5.15 Å². The molecule has 0 aliphatic rings. The van der Waals surface area contributed by atoms with Crippen molar-refractivity contribution in [3.05, 3.63) is 64.0 Å². The molecule has 0 atom stereocenters. The maximum absolute atomic E-state index is 12.4. The van der Waals surface area contributed by atoms with Gasteiger partial charge in [0.2, 0.25) is 0 Å². The Bertz CT molecular complexity index is 810. The standard InChI is InChI=1S/C19H22ClN3O3/c1-13-7-9-15(10-8-13)12-23-18(20)17(14(2)22-23)19(25)21-11-5-4-6-16(24)26-3/h4,6-10H,5,11-12H2,1-3H3,(H,21,25)/b6-4+. The molecule has 0 saturated carbocycles. The smallest absolute Gasteiger partial charge is 0.330 e. The number of amides is 1. The number of ether oxygens (including phenoxy) is 1. The number of carbonyl (C=O) groups excluding carboxylic acids is 2. The number of halogens is 1. The van der Waals surface area contributed by atoms with E-state index in [1.54, 1.807) is 17.7 Å². The van der Waals surface area contributed by atoms with Gasteiger partial charge in [-0.2, -0.15) is 5.10 Å². The Balaban J connectivity index is 1.99. The molecular formula is C19H22ClN3O3. The van der Waals surface area contributed by atoms with Gasteiger partial charge in [0.25, 0.3) is 5.91 Å². The molecule has 0 radical (unpaired) electrons. The summed E-state index contributed by atoms with van der Waals surface area (Å²) in [7, 11) is 1.31. The van der Waals surface area contributed by atoms with Crippen LogP contribution in [0.3, 0.4) is 0 Å². The number of carbonyl (C=O) groups is 2. The van der Waals surface area contributed by atoms with E-state index in [0.717, 1.165) is 5.56 Å². The average Bonchev–Trinajstić information content (AvgIpc) is 2.89. The molecule has 1 amide bonds. The van der Waals surface area contributed by atoms with E-state index in [2.05, 4.69) is 15.2 Å². The van der Waals surface area contributed by atoms with Crippen molar-refractivity contribution in [1.82, 2.24) is 15.1 Å². The molecule has 0 bridgehead atoms. The van der Waals surface area contributed by atoms with E-state index < -0.39 is 5.97 Å². The Hall–Kier alpha value is -2.60. The van der Waals surface area contributed by atoms with Gasteiger partial charge in [-0.1, -0.05) is 47.5 Å². The third kappa shape index (κ3) is 5.20. The molecule has 1 aromatic heterocycles. The van der Waals surface area contributed by atoms with Crippen LogP contribution in [0.15, 0.2) is 36.4 Å². The van der Waals surface area contributed by atoms with Gasteiger partial charge in [0.05, 0.1) is 24.9 Å². The van der Waals surface area contributed by atoms with E-state index in [1.807, 2.05) is 31.2 Å². The topological polar surface area (TPSA) is 73.2 Å². The quantitative estimate of drug-likeness (QED) is 0.458. The van der Waals surface area contributed by atoms with Crippen LogP contribution in [0.1, 0.15) is 33.6 Å². The van der Waals surface area contributed by atoms with E-state index in [0.29, 0.717) is 35.9 Å². The molecule has 0 spiro atoms. The van der Waals surface area contributed by atoms with Gasteiger partial charge in [-0.15, -0.1) is 0 Å². The lowest BCUT2D eigenvalue weighted by molar-refractivity contribution is -0.134. The van der Waals surface area contributed by atoms with Crippen molar-refractivity contribution in [3.63, 3.8) is 0 Å². The number of hydrogen-bond acceptors (Lipinski definition) is 4. The van der Waals surface area contributed by atoms with Gasteiger partial charge in [0, 0.05) is 12.6 Å². The zero-order chi connectivity index (χ0) is 19.1. The Morgan fingerprint density at radius 1 is 1.27 bits per heavy atom. The van der Waals surface area contributed by atoms with E-state index in [4.69, 9.17) is 11.6 Å². The lowest BCUT2D eigenvalue weighted by Crippen LogP contribution is -2.24. The summed E-state index contributed by atoms with van der Waals surface area (Å²) < 4.78 is 6.11. The van der Waals surface area contributed by atoms with Gasteiger partial charge in [-0.25, -0.2) is 9.48 Å². The van der Waals surface area contributed by atoms with Crippen molar-refractivity contribution >= 4 is 23.5 Å².